The van der Waals surface area contributed by atoms with E-state index in [0.29, 0.717) is 6.42 Å². The fourth-order valence-corrected chi connectivity index (χ4v) is 2.04. The number of methoxy groups -OCH3 is 1. The molecule has 0 amide bonds. The lowest BCUT2D eigenvalue weighted by atomic mass is 10.0. The van der Waals surface area contributed by atoms with Crippen LogP contribution in [0.5, 0.6) is 5.75 Å². The summed E-state index contributed by atoms with van der Waals surface area (Å²) >= 11 is 0. The van der Waals surface area contributed by atoms with Gasteiger partial charge in [0.2, 0.25) is 0 Å². The molecule has 1 heterocycles. The van der Waals surface area contributed by atoms with Crippen LogP contribution >= 0.6 is 0 Å². The van der Waals surface area contributed by atoms with Crippen molar-refractivity contribution >= 4 is 0 Å². The highest BCUT2D eigenvalue weighted by Crippen LogP contribution is 2.21. The van der Waals surface area contributed by atoms with Crippen molar-refractivity contribution in [2.45, 2.75) is 12.5 Å². The molecule has 0 saturated heterocycles. The summed E-state index contributed by atoms with van der Waals surface area (Å²) in [6.45, 7) is 0. The summed E-state index contributed by atoms with van der Waals surface area (Å²) in [6, 6.07) is 5.09. The first kappa shape index (κ1) is 13.5. The maximum absolute atomic E-state index is 13.6. The fraction of sp³-hybridized carbons (Fsp3) is 0.357. The van der Waals surface area contributed by atoms with Crippen molar-refractivity contribution in [2.24, 2.45) is 7.05 Å². The maximum Gasteiger partial charge on any atom is 0.165 e. The predicted molar refractivity (Wildman–Crippen MR) is 71.7 cm³/mol. The third-order valence-corrected chi connectivity index (χ3v) is 3.09. The molecule has 1 N–H and O–H groups in total. The molecule has 0 fully saturated rings. The Morgan fingerprint density at radius 3 is 2.79 bits per heavy atom. The summed E-state index contributed by atoms with van der Waals surface area (Å²) in [5, 5.41) is 3.20. The van der Waals surface area contributed by atoms with E-state index in [1.54, 1.807) is 12.4 Å². The number of aryl methyl sites for hydroxylation is 1. The summed E-state index contributed by atoms with van der Waals surface area (Å²) in [7, 11) is 5.26. The van der Waals surface area contributed by atoms with Gasteiger partial charge < -0.3 is 14.6 Å². The third-order valence-electron chi connectivity index (χ3n) is 3.09. The monoisotopic (exact) mass is 263 g/mol. The zero-order valence-electron chi connectivity index (χ0n) is 11.4. The topological polar surface area (TPSA) is 39.1 Å². The summed E-state index contributed by atoms with van der Waals surface area (Å²) < 4.78 is 20.5. The number of benzene rings is 1. The van der Waals surface area contributed by atoms with Crippen LogP contribution in [0.4, 0.5) is 4.39 Å². The minimum atomic E-state index is -0.337. The Morgan fingerprint density at radius 1 is 1.47 bits per heavy atom. The van der Waals surface area contributed by atoms with Gasteiger partial charge in [-0.3, -0.25) is 0 Å². The maximum atomic E-state index is 13.6. The van der Waals surface area contributed by atoms with Gasteiger partial charge in [0.1, 0.15) is 0 Å². The molecule has 1 atom stereocenters. The van der Waals surface area contributed by atoms with Crippen molar-refractivity contribution in [3.63, 3.8) is 0 Å². The van der Waals surface area contributed by atoms with Crippen molar-refractivity contribution in [1.82, 2.24) is 14.9 Å². The van der Waals surface area contributed by atoms with Crippen LogP contribution in [0, 0.1) is 5.82 Å². The largest absolute Gasteiger partial charge is 0.494 e. The van der Waals surface area contributed by atoms with Gasteiger partial charge in [0.15, 0.2) is 11.6 Å². The lowest BCUT2D eigenvalue weighted by molar-refractivity contribution is 0.386. The fourth-order valence-electron chi connectivity index (χ4n) is 2.04. The van der Waals surface area contributed by atoms with E-state index >= 15 is 0 Å². The van der Waals surface area contributed by atoms with Crippen molar-refractivity contribution < 1.29 is 9.13 Å². The molecule has 0 radical (unpaired) electrons. The van der Waals surface area contributed by atoms with Crippen LogP contribution < -0.4 is 10.1 Å². The number of nitrogens with one attached hydrogen (secondary N) is 1. The number of aromatic nitrogens is 2. The summed E-state index contributed by atoms with van der Waals surface area (Å²) in [6.07, 6.45) is 4.39. The molecule has 0 aliphatic heterocycles. The Kier molecular flexibility index (Phi) is 4.16. The lowest BCUT2D eigenvalue weighted by Crippen LogP contribution is -2.19. The number of ether oxygens (including phenoxy) is 1. The Labute approximate surface area is 112 Å². The van der Waals surface area contributed by atoms with Crippen molar-refractivity contribution in [3.8, 4) is 5.75 Å². The highest BCUT2D eigenvalue weighted by molar-refractivity contribution is 5.30. The van der Waals surface area contributed by atoms with Gasteiger partial charge in [0.05, 0.1) is 25.2 Å². The molecule has 2 aromatic rings. The molecule has 0 spiro atoms. The predicted octanol–water partition coefficient (Wildman–Crippen LogP) is 2.07. The summed E-state index contributed by atoms with van der Waals surface area (Å²) in [5.74, 6) is -0.0709. The number of halogens is 1. The number of imidazole rings is 1. The van der Waals surface area contributed by atoms with Gasteiger partial charge in [-0.25, -0.2) is 9.37 Å². The van der Waals surface area contributed by atoms with Crippen molar-refractivity contribution in [3.05, 3.63) is 47.8 Å². The van der Waals surface area contributed by atoms with E-state index in [9.17, 15) is 4.39 Å². The van der Waals surface area contributed by atoms with Gasteiger partial charge in [-0.15, -0.1) is 0 Å². The van der Waals surface area contributed by atoms with E-state index in [-0.39, 0.29) is 17.6 Å². The molecule has 2 rings (SSSR count). The lowest BCUT2D eigenvalue weighted by Gasteiger charge is -2.14. The zero-order chi connectivity index (χ0) is 13.8. The number of rotatable bonds is 5. The highest BCUT2D eigenvalue weighted by Gasteiger charge is 2.14. The quantitative estimate of drug-likeness (QED) is 0.897. The zero-order valence-corrected chi connectivity index (χ0v) is 11.4. The average Bonchev–Trinajstić information content (AvgIpc) is 2.82. The molecule has 0 aliphatic carbocycles. The Bertz CT molecular complexity index is 553. The Morgan fingerprint density at radius 2 is 2.26 bits per heavy atom. The molecular formula is C14H18FN3O. The molecule has 5 heteroatoms. The van der Waals surface area contributed by atoms with Gasteiger partial charge in [0, 0.05) is 13.2 Å². The van der Waals surface area contributed by atoms with Gasteiger partial charge in [0.25, 0.3) is 0 Å². The first-order valence-corrected chi connectivity index (χ1v) is 6.11. The van der Waals surface area contributed by atoms with Crippen LogP contribution in [-0.2, 0) is 13.5 Å². The van der Waals surface area contributed by atoms with E-state index in [4.69, 9.17) is 4.74 Å². The van der Waals surface area contributed by atoms with Crippen LogP contribution in [0.2, 0.25) is 0 Å². The minimum Gasteiger partial charge on any atom is -0.494 e. The molecular weight excluding hydrogens is 245 g/mol. The molecule has 102 valence electrons. The van der Waals surface area contributed by atoms with Crippen LogP contribution in [0.15, 0.2) is 30.7 Å². The van der Waals surface area contributed by atoms with Gasteiger partial charge in [-0.05, 0) is 31.2 Å². The second kappa shape index (κ2) is 5.84. The number of hydrogen-bond acceptors (Lipinski definition) is 3. The average molecular weight is 263 g/mol. The van der Waals surface area contributed by atoms with E-state index < -0.39 is 0 Å². The second-order valence-corrected chi connectivity index (χ2v) is 4.48. The van der Waals surface area contributed by atoms with E-state index in [0.717, 1.165) is 11.3 Å². The SMILES string of the molecule is CNC(Cc1ccc(OC)c(F)c1)c1cn(C)cn1. The molecule has 0 aliphatic rings. The number of likely N-dealkylation sites (N-methyl/N-ethyl adjacent to an activating group) is 1. The number of nitrogens with zero attached hydrogens (tertiary/aromatic N) is 2. The van der Waals surface area contributed by atoms with Crippen LogP contribution in [0.1, 0.15) is 17.3 Å². The second-order valence-electron chi connectivity index (χ2n) is 4.48. The third kappa shape index (κ3) is 3.12. The van der Waals surface area contributed by atoms with Gasteiger partial charge in [-0.1, -0.05) is 6.07 Å². The first-order valence-electron chi connectivity index (χ1n) is 6.11. The molecule has 19 heavy (non-hydrogen) atoms. The molecule has 0 saturated carbocycles. The van der Waals surface area contributed by atoms with Crippen LogP contribution in [0.25, 0.3) is 0 Å². The summed E-state index contributed by atoms with van der Waals surface area (Å²) in [4.78, 5) is 4.32. The van der Waals surface area contributed by atoms with Crippen LogP contribution in [-0.4, -0.2) is 23.7 Å². The molecule has 1 aromatic carbocycles. The Balaban J connectivity index is 2.16. The smallest absolute Gasteiger partial charge is 0.165 e. The van der Waals surface area contributed by atoms with Crippen molar-refractivity contribution in [1.29, 1.82) is 0 Å². The molecule has 1 unspecified atom stereocenters. The van der Waals surface area contributed by atoms with E-state index in [1.165, 1.54) is 13.2 Å². The number of hydrogen-bond donors (Lipinski definition) is 1. The minimum absolute atomic E-state index is 0.0639. The molecule has 0 bridgehead atoms. The van der Waals surface area contributed by atoms with E-state index in [2.05, 4.69) is 10.3 Å². The Hall–Kier alpha value is -1.88. The van der Waals surface area contributed by atoms with Gasteiger partial charge >= 0.3 is 0 Å². The highest BCUT2D eigenvalue weighted by atomic mass is 19.1. The first-order chi connectivity index (χ1) is 9.13. The van der Waals surface area contributed by atoms with Crippen molar-refractivity contribution in [2.75, 3.05) is 14.2 Å². The normalized spacial score (nSPS) is 12.4. The van der Waals surface area contributed by atoms with E-state index in [1.807, 2.05) is 30.9 Å². The van der Waals surface area contributed by atoms with Crippen LogP contribution in [0.3, 0.4) is 0 Å². The molecule has 1 aromatic heterocycles. The molecule has 4 nitrogen and oxygen atoms in total. The summed E-state index contributed by atoms with van der Waals surface area (Å²) in [5.41, 5.74) is 1.85. The van der Waals surface area contributed by atoms with Gasteiger partial charge in [-0.2, -0.15) is 0 Å². The standard InChI is InChI=1S/C14H18FN3O/c1-16-12(13-8-18(2)9-17-13)7-10-4-5-14(19-3)11(15)6-10/h4-6,8-9,12,16H,7H2,1-3H3.